The third-order valence-electron chi connectivity index (χ3n) is 3.84. The van der Waals surface area contributed by atoms with Gasteiger partial charge in [-0.2, -0.15) is 5.10 Å². The molecule has 0 aromatic carbocycles. The summed E-state index contributed by atoms with van der Waals surface area (Å²) in [6.07, 6.45) is 3.04. The molecular weight excluding hydrogens is 298 g/mol. The van der Waals surface area contributed by atoms with Crippen LogP contribution in [0.25, 0.3) is 0 Å². The van der Waals surface area contributed by atoms with E-state index < -0.39 is 6.04 Å². The number of nitrogens with zero attached hydrogens (tertiary/aromatic N) is 2. The van der Waals surface area contributed by atoms with E-state index in [4.69, 9.17) is 0 Å². The van der Waals surface area contributed by atoms with Gasteiger partial charge in [-0.1, -0.05) is 6.07 Å². The summed E-state index contributed by atoms with van der Waals surface area (Å²) < 4.78 is 1.30. The minimum Gasteiger partial charge on any atom is -0.354 e. The van der Waals surface area contributed by atoms with Crippen LogP contribution in [-0.4, -0.2) is 22.2 Å². The quantitative estimate of drug-likeness (QED) is 0.887. The Morgan fingerprint density at radius 2 is 2.27 bits per heavy atom. The second-order valence-corrected chi connectivity index (χ2v) is 6.64. The molecule has 1 fully saturated rings. The molecule has 1 saturated carbocycles. The molecule has 0 bridgehead atoms. The van der Waals surface area contributed by atoms with Gasteiger partial charge in [0.05, 0.1) is 5.69 Å². The van der Waals surface area contributed by atoms with Crippen LogP contribution in [0.15, 0.2) is 34.4 Å². The Balaban J connectivity index is 1.62. The zero-order chi connectivity index (χ0) is 15.5. The lowest BCUT2D eigenvalue weighted by Crippen LogP contribution is -2.37. The van der Waals surface area contributed by atoms with E-state index in [9.17, 15) is 9.59 Å². The molecule has 2 aromatic rings. The summed E-state index contributed by atoms with van der Waals surface area (Å²) in [5, 5.41) is 9.26. The molecule has 3 rings (SSSR count). The highest BCUT2D eigenvalue weighted by Crippen LogP contribution is 2.38. The summed E-state index contributed by atoms with van der Waals surface area (Å²) in [5.41, 5.74) is 0.683. The van der Waals surface area contributed by atoms with Crippen LogP contribution in [0, 0.1) is 0 Å². The molecule has 2 heterocycles. The van der Waals surface area contributed by atoms with Gasteiger partial charge < -0.3 is 5.32 Å². The summed E-state index contributed by atoms with van der Waals surface area (Å²) in [6, 6.07) is 6.74. The lowest BCUT2D eigenvalue weighted by molar-refractivity contribution is -0.124. The monoisotopic (exact) mass is 317 g/mol. The largest absolute Gasteiger partial charge is 0.354 e. The van der Waals surface area contributed by atoms with E-state index in [1.54, 1.807) is 24.3 Å². The van der Waals surface area contributed by atoms with Crippen molar-refractivity contribution in [2.45, 2.75) is 38.1 Å². The average Bonchev–Trinajstić information content (AvgIpc) is 3.24. The van der Waals surface area contributed by atoms with Gasteiger partial charge in [-0.15, -0.1) is 11.3 Å². The van der Waals surface area contributed by atoms with Gasteiger partial charge in [0.25, 0.3) is 5.56 Å². The van der Waals surface area contributed by atoms with Gasteiger partial charge in [0.15, 0.2) is 0 Å². The molecule has 0 saturated heterocycles. The first-order valence-electron chi connectivity index (χ1n) is 7.55. The number of carbonyl (C=O) groups excluding carboxylic acids is 1. The van der Waals surface area contributed by atoms with Gasteiger partial charge in [0.1, 0.15) is 6.04 Å². The minimum atomic E-state index is -0.588. The average molecular weight is 317 g/mol. The topological polar surface area (TPSA) is 64.0 Å². The Morgan fingerprint density at radius 1 is 1.45 bits per heavy atom. The van der Waals surface area contributed by atoms with Crippen LogP contribution in [0.5, 0.6) is 0 Å². The highest BCUT2D eigenvalue weighted by molar-refractivity contribution is 7.09. The van der Waals surface area contributed by atoms with Crippen molar-refractivity contribution in [2.24, 2.45) is 0 Å². The summed E-state index contributed by atoms with van der Waals surface area (Å²) in [5.74, 6) is 0.292. The maximum atomic E-state index is 12.2. The van der Waals surface area contributed by atoms with Gasteiger partial charge >= 0.3 is 0 Å². The zero-order valence-electron chi connectivity index (χ0n) is 12.5. The van der Waals surface area contributed by atoms with Crippen molar-refractivity contribution in [3.63, 3.8) is 0 Å². The van der Waals surface area contributed by atoms with E-state index in [1.807, 2.05) is 17.5 Å². The van der Waals surface area contributed by atoms with E-state index in [-0.39, 0.29) is 11.5 Å². The maximum absolute atomic E-state index is 12.2. The molecule has 0 radical (unpaired) electrons. The first-order valence-corrected chi connectivity index (χ1v) is 8.43. The number of hydrogen-bond donors (Lipinski definition) is 1. The number of carbonyl (C=O) groups is 1. The second-order valence-electron chi connectivity index (χ2n) is 5.61. The van der Waals surface area contributed by atoms with Gasteiger partial charge in [-0.05, 0) is 43.7 Å². The fraction of sp³-hybridized carbons (Fsp3) is 0.438. The Hall–Kier alpha value is -1.95. The highest BCUT2D eigenvalue weighted by atomic mass is 32.1. The minimum absolute atomic E-state index is 0.167. The molecule has 2 aromatic heterocycles. The van der Waals surface area contributed by atoms with Crippen LogP contribution in [0.3, 0.4) is 0 Å². The Morgan fingerprint density at radius 3 is 2.95 bits per heavy atom. The highest BCUT2D eigenvalue weighted by Gasteiger charge is 2.26. The van der Waals surface area contributed by atoms with Gasteiger partial charge in [-0.25, -0.2) is 4.68 Å². The van der Waals surface area contributed by atoms with Crippen LogP contribution in [0.4, 0.5) is 0 Å². The molecule has 1 N–H and O–H groups in total. The number of aromatic nitrogens is 2. The summed E-state index contributed by atoms with van der Waals surface area (Å²) in [6.45, 7) is 2.28. The normalized spacial score (nSPS) is 15.5. The molecule has 1 amide bonds. The van der Waals surface area contributed by atoms with E-state index in [1.165, 1.54) is 15.6 Å². The Labute approximate surface area is 133 Å². The molecule has 22 heavy (non-hydrogen) atoms. The van der Waals surface area contributed by atoms with Crippen molar-refractivity contribution in [1.82, 2.24) is 15.1 Å². The fourth-order valence-corrected chi connectivity index (χ4v) is 3.05. The lowest BCUT2D eigenvalue weighted by atomic mass is 10.2. The number of rotatable bonds is 6. The van der Waals surface area contributed by atoms with E-state index in [0.29, 0.717) is 12.5 Å². The van der Waals surface area contributed by atoms with Crippen molar-refractivity contribution in [2.75, 3.05) is 6.54 Å². The van der Waals surface area contributed by atoms with E-state index in [2.05, 4.69) is 10.4 Å². The fourth-order valence-electron chi connectivity index (χ4n) is 2.34. The first-order chi connectivity index (χ1) is 10.6. The predicted octanol–water partition coefficient (Wildman–Crippen LogP) is 2.10. The number of nitrogens with one attached hydrogen (secondary N) is 1. The molecule has 1 aliphatic rings. The predicted molar refractivity (Wildman–Crippen MR) is 86.2 cm³/mol. The van der Waals surface area contributed by atoms with Gasteiger partial charge in [0.2, 0.25) is 5.91 Å². The van der Waals surface area contributed by atoms with Gasteiger partial charge in [0, 0.05) is 23.4 Å². The second kappa shape index (κ2) is 6.44. The van der Waals surface area contributed by atoms with Crippen molar-refractivity contribution in [3.8, 4) is 0 Å². The maximum Gasteiger partial charge on any atom is 0.267 e. The zero-order valence-corrected chi connectivity index (χ0v) is 13.3. The summed E-state index contributed by atoms with van der Waals surface area (Å²) >= 11 is 1.68. The SMILES string of the molecule is C[C@H](C(=O)NCCc1cccs1)n1nc(C2CC2)ccc1=O. The smallest absolute Gasteiger partial charge is 0.267 e. The third-order valence-corrected chi connectivity index (χ3v) is 4.77. The Bertz CT molecular complexity index is 704. The summed E-state index contributed by atoms with van der Waals surface area (Å²) in [7, 11) is 0. The molecule has 1 aliphatic carbocycles. The van der Waals surface area contributed by atoms with Crippen molar-refractivity contribution < 1.29 is 4.79 Å². The number of thiophene rings is 1. The number of amides is 1. The van der Waals surface area contributed by atoms with Crippen molar-refractivity contribution in [1.29, 1.82) is 0 Å². The lowest BCUT2D eigenvalue weighted by Gasteiger charge is -2.14. The summed E-state index contributed by atoms with van der Waals surface area (Å²) in [4.78, 5) is 25.4. The van der Waals surface area contributed by atoms with Crippen molar-refractivity contribution in [3.05, 3.63) is 50.6 Å². The Kier molecular flexibility index (Phi) is 4.38. The third kappa shape index (κ3) is 3.44. The van der Waals surface area contributed by atoms with Crippen LogP contribution in [0.1, 0.15) is 42.3 Å². The van der Waals surface area contributed by atoms with E-state index in [0.717, 1.165) is 25.0 Å². The molecule has 116 valence electrons. The standard InChI is InChI=1S/C16H19N3O2S/c1-11(16(21)17-9-8-13-3-2-10-22-13)19-15(20)7-6-14(18-19)12-4-5-12/h2-3,6-7,10-12H,4-5,8-9H2,1H3,(H,17,21)/t11-/m1/s1. The molecule has 6 heteroatoms. The number of hydrogen-bond acceptors (Lipinski definition) is 4. The van der Waals surface area contributed by atoms with Crippen LogP contribution in [-0.2, 0) is 11.2 Å². The molecule has 0 unspecified atom stereocenters. The first kappa shape index (κ1) is 15.0. The van der Waals surface area contributed by atoms with Crippen molar-refractivity contribution >= 4 is 17.2 Å². The van der Waals surface area contributed by atoms with Gasteiger partial charge in [-0.3, -0.25) is 9.59 Å². The molecule has 0 aliphatic heterocycles. The molecular formula is C16H19N3O2S. The van der Waals surface area contributed by atoms with Crippen LogP contribution >= 0.6 is 11.3 Å². The molecule has 1 atom stereocenters. The molecule has 5 nitrogen and oxygen atoms in total. The molecule has 0 spiro atoms. The van der Waals surface area contributed by atoms with E-state index >= 15 is 0 Å². The van der Waals surface area contributed by atoms with Crippen LogP contribution in [0.2, 0.25) is 0 Å². The van der Waals surface area contributed by atoms with Crippen LogP contribution < -0.4 is 10.9 Å².